The number of hydrogen-bond acceptors (Lipinski definition) is 5. The van der Waals surface area contributed by atoms with Crippen LogP contribution >= 0.6 is 0 Å². The topological polar surface area (TPSA) is 99.2 Å². The normalized spacial score (nSPS) is 21.0. The number of fused-ring (bicyclic) bond motifs is 2. The van der Waals surface area contributed by atoms with Crippen molar-refractivity contribution in [1.29, 1.82) is 0 Å². The number of piperazine rings is 1. The van der Waals surface area contributed by atoms with Crippen molar-refractivity contribution in [2.45, 2.75) is 81.6 Å². The lowest BCUT2D eigenvalue weighted by atomic mass is 9.73. The molecular formula is C38H38F3N3O5. The Morgan fingerprint density at radius 3 is 2.39 bits per heavy atom. The smallest absolute Gasteiger partial charge is 0.303 e. The summed E-state index contributed by atoms with van der Waals surface area (Å²) in [5, 5.41) is 12.8. The van der Waals surface area contributed by atoms with Crippen molar-refractivity contribution in [3.05, 3.63) is 101 Å². The number of carboxylic acids is 1. The quantitative estimate of drug-likeness (QED) is 0.136. The fraction of sp³-hybridized carbons (Fsp3) is 0.395. The SMILES string of the molecule is O=C(O)CCCC(=O)N1C[C@@H]2C#CC[C@](c3ccc(CCCOc4c(F)ccc(F)c4F)cc3)(N2)C1C(=O)N(Cc1ccccc1)C1CC1. The lowest BCUT2D eigenvalue weighted by Crippen LogP contribution is -2.73. The maximum absolute atomic E-state index is 14.8. The predicted molar refractivity (Wildman–Crippen MR) is 175 cm³/mol. The molecule has 1 aliphatic carbocycles. The molecular weight excluding hydrogens is 635 g/mol. The minimum atomic E-state index is -1.36. The summed E-state index contributed by atoms with van der Waals surface area (Å²) in [6.45, 7) is 0.568. The van der Waals surface area contributed by atoms with E-state index in [1.165, 1.54) is 0 Å². The summed E-state index contributed by atoms with van der Waals surface area (Å²) >= 11 is 0. The Labute approximate surface area is 283 Å². The van der Waals surface area contributed by atoms with Gasteiger partial charge in [-0.05, 0) is 60.9 Å². The van der Waals surface area contributed by atoms with Crippen LogP contribution in [0.3, 0.4) is 0 Å². The molecule has 3 aromatic rings. The fourth-order valence-corrected chi connectivity index (χ4v) is 6.78. The molecule has 1 saturated carbocycles. The fourth-order valence-electron chi connectivity index (χ4n) is 6.78. The van der Waals surface area contributed by atoms with Gasteiger partial charge in [0.05, 0.1) is 18.2 Å². The maximum atomic E-state index is 14.8. The van der Waals surface area contributed by atoms with E-state index in [1.807, 2.05) is 59.5 Å². The van der Waals surface area contributed by atoms with Gasteiger partial charge in [0.15, 0.2) is 17.4 Å². The Morgan fingerprint density at radius 2 is 1.67 bits per heavy atom. The summed E-state index contributed by atoms with van der Waals surface area (Å²) < 4.78 is 46.7. The van der Waals surface area contributed by atoms with Crippen LogP contribution in [0.5, 0.6) is 5.75 Å². The molecule has 2 heterocycles. The highest BCUT2D eigenvalue weighted by molar-refractivity contribution is 5.90. The van der Waals surface area contributed by atoms with E-state index in [1.54, 1.807) is 4.90 Å². The molecule has 3 aliphatic rings. The van der Waals surface area contributed by atoms with Gasteiger partial charge in [-0.3, -0.25) is 19.7 Å². The molecule has 0 radical (unpaired) electrons. The third-order valence-corrected chi connectivity index (χ3v) is 9.36. The number of rotatable bonds is 14. The number of ether oxygens (including phenoxy) is 1. The van der Waals surface area contributed by atoms with Crippen molar-refractivity contribution in [2.75, 3.05) is 13.2 Å². The third-order valence-electron chi connectivity index (χ3n) is 9.36. The Balaban J connectivity index is 1.26. The second-order valence-corrected chi connectivity index (χ2v) is 12.9. The first-order valence-electron chi connectivity index (χ1n) is 16.6. The first kappa shape index (κ1) is 34.1. The number of aryl methyl sites for hydroxylation is 1. The molecule has 2 N–H and O–H groups in total. The van der Waals surface area contributed by atoms with Crippen LogP contribution in [0.4, 0.5) is 13.2 Å². The van der Waals surface area contributed by atoms with E-state index in [2.05, 4.69) is 17.2 Å². The Kier molecular flexibility index (Phi) is 10.2. The van der Waals surface area contributed by atoms with Gasteiger partial charge in [-0.15, -0.1) is 0 Å². The van der Waals surface area contributed by atoms with E-state index in [0.29, 0.717) is 25.5 Å². The first-order valence-corrected chi connectivity index (χ1v) is 16.6. The standard InChI is InChI=1S/C38H38F3N3O5/c39-30-19-20-31(40)35(34(30)41)49-22-6-9-25-13-15-27(16-14-25)38-21-5-10-28(42-38)24-44(32(45)11-4-12-33(46)47)36(38)37(48)43(29-17-18-29)23-26-7-2-1-3-8-26/h1-3,7-8,13-16,19-20,28-29,36,42H,4,6,9,11-12,17-18,21-24H2,(H,46,47)/t28-,36?,38+/m0/s1. The van der Waals surface area contributed by atoms with Crippen molar-refractivity contribution in [1.82, 2.24) is 15.1 Å². The van der Waals surface area contributed by atoms with Crippen molar-refractivity contribution >= 4 is 17.8 Å². The number of benzene rings is 3. The molecule has 2 fully saturated rings. The minimum Gasteiger partial charge on any atom is -0.488 e. The van der Waals surface area contributed by atoms with Gasteiger partial charge >= 0.3 is 5.97 Å². The van der Waals surface area contributed by atoms with Gasteiger partial charge in [0.1, 0.15) is 6.04 Å². The van der Waals surface area contributed by atoms with Crippen molar-refractivity contribution in [3.8, 4) is 17.6 Å². The number of carboxylic acid groups (broad SMARTS) is 1. The molecule has 0 aromatic heterocycles. The molecule has 2 bridgehead atoms. The molecule has 49 heavy (non-hydrogen) atoms. The van der Waals surface area contributed by atoms with Gasteiger partial charge in [0.25, 0.3) is 0 Å². The van der Waals surface area contributed by atoms with Gasteiger partial charge in [-0.1, -0.05) is 66.4 Å². The van der Waals surface area contributed by atoms with Crippen LogP contribution in [-0.4, -0.2) is 64.0 Å². The molecule has 1 saturated heterocycles. The molecule has 3 aromatic carbocycles. The zero-order valence-electron chi connectivity index (χ0n) is 27.0. The van der Waals surface area contributed by atoms with Gasteiger partial charge in [0.2, 0.25) is 17.6 Å². The van der Waals surface area contributed by atoms with Crippen LogP contribution in [-0.2, 0) is 32.9 Å². The number of carbonyl (C=O) groups excluding carboxylic acids is 2. The number of halogens is 3. The summed E-state index contributed by atoms with van der Waals surface area (Å²) in [5.74, 6) is 0.719. The first-order chi connectivity index (χ1) is 23.7. The van der Waals surface area contributed by atoms with Gasteiger partial charge in [0, 0.05) is 38.4 Å². The maximum Gasteiger partial charge on any atom is 0.303 e. The number of hydrogen-bond donors (Lipinski definition) is 2. The highest BCUT2D eigenvalue weighted by atomic mass is 19.2. The summed E-state index contributed by atoms with van der Waals surface area (Å²) in [4.78, 5) is 43.4. The van der Waals surface area contributed by atoms with E-state index in [4.69, 9.17) is 4.74 Å². The number of carbonyl (C=O) groups is 3. The largest absolute Gasteiger partial charge is 0.488 e. The zero-order chi connectivity index (χ0) is 34.5. The summed E-state index contributed by atoms with van der Waals surface area (Å²) in [5.41, 5.74) is 1.65. The highest BCUT2D eigenvalue weighted by Gasteiger charge is 2.56. The summed E-state index contributed by atoms with van der Waals surface area (Å²) in [6, 6.07) is 17.7. The Hall–Kier alpha value is -4.82. The molecule has 1 unspecified atom stereocenters. The van der Waals surface area contributed by atoms with Gasteiger partial charge in [-0.2, -0.15) is 4.39 Å². The van der Waals surface area contributed by atoms with Crippen LogP contribution in [0.15, 0.2) is 66.7 Å². The van der Waals surface area contributed by atoms with E-state index in [9.17, 15) is 32.7 Å². The van der Waals surface area contributed by atoms with Crippen LogP contribution < -0.4 is 10.1 Å². The lowest BCUT2D eigenvalue weighted by Gasteiger charge is -2.53. The number of nitrogens with one attached hydrogen (secondary N) is 1. The minimum absolute atomic E-state index is 0.00114. The van der Waals surface area contributed by atoms with Crippen LogP contribution in [0.2, 0.25) is 0 Å². The van der Waals surface area contributed by atoms with E-state index < -0.39 is 40.8 Å². The third kappa shape index (κ3) is 7.60. The molecule has 2 aliphatic heterocycles. The van der Waals surface area contributed by atoms with Gasteiger partial charge < -0.3 is 19.6 Å². The molecule has 11 heteroatoms. The Bertz CT molecular complexity index is 1760. The zero-order valence-corrected chi connectivity index (χ0v) is 27.0. The number of amides is 2. The van der Waals surface area contributed by atoms with Gasteiger partial charge in [-0.25, -0.2) is 8.78 Å². The molecule has 8 nitrogen and oxygen atoms in total. The molecule has 6 rings (SSSR count). The van der Waals surface area contributed by atoms with Crippen molar-refractivity contribution < 1.29 is 37.4 Å². The van der Waals surface area contributed by atoms with Crippen LogP contribution in [0, 0.1) is 29.3 Å². The highest BCUT2D eigenvalue weighted by Crippen LogP contribution is 2.41. The Morgan fingerprint density at radius 1 is 0.939 bits per heavy atom. The lowest BCUT2D eigenvalue weighted by molar-refractivity contribution is -0.155. The van der Waals surface area contributed by atoms with Crippen LogP contribution in [0.25, 0.3) is 0 Å². The van der Waals surface area contributed by atoms with Crippen molar-refractivity contribution in [3.63, 3.8) is 0 Å². The van der Waals surface area contributed by atoms with Crippen LogP contribution in [0.1, 0.15) is 61.6 Å². The van der Waals surface area contributed by atoms with Crippen molar-refractivity contribution in [2.24, 2.45) is 0 Å². The molecule has 2 amide bonds. The summed E-state index contributed by atoms with van der Waals surface area (Å²) in [7, 11) is 0. The average Bonchev–Trinajstić information content (AvgIpc) is 3.94. The van der Waals surface area contributed by atoms with E-state index in [-0.39, 0.29) is 62.7 Å². The average molecular weight is 674 g/mol. The second-order valence-electron chi connectivity index (χ2n) is 12.9. The van der Waals surface area contributed by atoms with E-state index in [0.717, 1.165) is 35.6 Å². The monoisotopic (exact) mass is 673 g/mol. The van der Waals surface area contributed by atoms with E-state index >= 15 is 0 Å². The number of aliphatic carboxylic acids is 1. The summed E-state index contributed by atoms with van der Waals surface area (Å²) in [6.07, 6.45) is 2.95. The molecule has 0 spiro atoms. The molecule has 3 atom stereocenters. The second kappa shape index (κ2) is 14.7. The predicted octanol–water partition coefficient (Wildman–Crippen LogP) is 5.33. The number of nitrogens with zero attached hydrogens (tertiary/aromatic N) is 2. The molecule has 256 valence electrons.